The number of rotatable bonds is 35. The van der Waals surface area contributed by atoms with Crippen molar-refractivity contribution in [2.75, 3.05) is 13.2 Å². The fraction of sp³-hybridized carbons (Fsp3) is 0.696. The molecule has 0 aromatic rings. The zero-order valence-electron chi connectivity index (χ0n) is 36.2. The lowest BCUT2D eigenvalue weighted by molar-refractivity contribution is -0.220. The minimum absolute atomic E-state index is 0.0304. The monoisotopic (exact) mass is 869 g/mol. The maximum Gasteiger partial charge on any atom is 0.472 e. The van der Waals surface area contributed by atoms with E-state index in [1.54, 1.807) is 0 Å². The zero-order valence-corrected chi connectivity index (χ0v) is 37.1. The molecule has 0 aliphatic heterocycles. The van der Waals surface area contributed by atoms with Crippen molar-refractivity contribution in [3.05, 3.63) is 72.9 Å². The third-order valence-corrected chi connectivity index (χ3v) is 10.8. The highest BCUT2D eigenvalue weighted by molar-refractivity contribution is 7.47. The molecular weight excluding hydrogens is 791 g/mol. The van der Waals surface area contributed by atoms with Crippen molar-refractivity contribution in [2.24, 2.45) is 0 Å². The van der Waals surface area contributed by atoms with E-state index in [1.165, 1.54) is 51.4 Å². The summed E-state index contributed by atoms with van der Waals surface area (Å²) in [4.78, 5) is 35.6. The van der Waals surface area contributed by atoms with Crippen molar-refractivity contribution in [1.29, 1.82) is 0 Å². The van der Waals surface area contributed by atoms with Crippen LogP contribution in [0, 0.1) is 0 Å². The maximum absolute atomic E-state index is 12.8. The lowest BCUT2D eigenvalue weighted by Gasteiger charge is -2.41. The lowest BCUT2D eigenvalue weighted by Crippen LogP contribution is -2.64. The molecule has 14 heteroatoms. The Bertz CT molecular complexity index is 1330. The number of aliphatic hydroxyl groups is 5. The van der Waals surface area contributed by atoms with Gasteiger partial charge in [-0.05, 0) is 51.4 Å². The van der Waals surface area contributed by atoms with Crippen LogP contribution in [0.15, 0.2) is 72.9 Å². The molecule has 344 valence electrons. The topological polar surface area (TPSA) is 210 Å². The summed E-state index contributed by atoms with van der Waals surface area (Å²) in [6.45, 7) is 3.10. The Hall–Kier alpha value is -2.71. The number of unbranched alkanes of at least 4 members (excludes halogenated alkanes) is 11. The molecule has 0 spiro atoms. The molecule has 0 bridgehead atoms. The summed E-state index contributed by atoms with van der Waals surface area (Å²) in [5, 5.41) is 50.1. The number of carbonyl (C=O) groups is 2. The summed E-state index contributed by atoms with van der Waals surface area (Å²) in [6.07, 6.45) is 31.2. The highest BCUT2D eigenvalue weighted by Gasteiger charge is 2.51. The Kier molecular flexibility index (Phi) is 33.0. The van der Waals surface area contributed by atoms with Gasteiger partial charge in [0.15, 0.2) is 6.10 Å². The molecule has 1 aliphatic carbocycles. The number of hydrogen-bond acceptors (Lipinski definition) is 12. The second kappa shape index (κ2) is 35.8. The number of hydrogen-bond donors (Lipinski definition) is 6. The summed E-state index contributed by atoms with van der Waals surface area (Å²) < 4.78 is 33.4. The molecule has 1 fully saturated rings. The first-order chi connectivity index (χ1) is 28.9. The number of ether oxygens (including phenoxy) is 2. The second-order valence-corrected chi connectivity index (χ2v) is 16.6. The predicted octanol–water partition coefficient (Wildman–Crippen LogP) is 8.33. The average molecular weight is 869 g/mol. The van der Waals surface area contributed by atoms with Gasteiger partial charge in [0.1, 0.15) is 43.2 Å². The number of aliphatic hydroxyl groups excluding tert-OH is 5. The first kappa shape index (κ1) is 55.3. The van der Waals surface area contributed by atoms with Crippen LogP contribution in [-0.2, 0) is 32.7 Å². The number of phosphoric ester groups is 1. The van der Waals surface area contributed by atoms with Gasteiger partial charge in [0, 0.05) is 12.8 Å². The molecule has 1 rings (SSSR count). The van der Waals surface area contributed by atoms with Crippen LogP contribution < -0.4 is 0 Å². The van der Waals surface area contributed by atoms with E-state index in [-0.39, 0.29) is 12.8 Å². The minimum atomic E-state index is -5.14. The third kappa shape index (κ3) is 28.0. The summed E-state index contributed by atoms with van der Waals surface area (Å²) in [6, 6.07) is 0. The molecule has 60 heavy (non-hydrogen) atoms. The summed E-state index contributed by atoms with van der Waals surface area (Å²) >= 11 is 0. The SMILES string of the molecule is CC/C=C\C/C=C\C/C=C\C/C=C\C/C=C\C/C=C\CCC(=O)O[C@H](COC(=O)CCCCCCCCCCCCCC)COP(=O)(O)OC1C(O)C(O)C(O)[C@@H](O)C1O. The Morgan fingerprint density at radius 1 is 0.533 bits per heavy atom. The van der Waals surface area contributed by atoms with Crippen molar-refractivity contribution < 1.29 is 63.1 Å². The number of phosphoric acid groups is 1. The Balaban J connectivity index is 2.54. The van der Waals surface area contributed by atoms with Crippen molar-refractivity contribution in [3.8, 4) is 0 Å². The quantitative estimate of drug-likeness (QED) is 0.0153. The van der Waals surface area contributed by atoms with Crippen molar-refractivity contribution in [1.82, 2.24) is 0 Å². The van der Waals surface area contributed by atoms with Crippen LogP contribution >= 0.6 is 7.82 Å². The number of carbonyl (C=O) groups excluding carboxylic acids is 2. The van der Waals surface area contributed by atoms with Crippen molar-refractivity contribution in [3.63, 3.8) is 0 Å². The molecule has 1 aliphatic rings. The number of allylic oxidation sites excluding steroid dienone is 12. The average Bonchev–Trinajstić information content (AvgIpc) is 3.23. The summed E-state index contributed by atoms with van der Waals surface area (Å²) in [5.74, 6) is -1.20. The first-order valence-corrected chi connectivity index (χ1v) is 23.7. The van der Waals surface area contributed by atoms with Gasteiger partial charge in [-0.3, -0.25) is 18.6 Å². The first-order valence-electron chi connectivity index (χ1n) is 22.2. The Labute approximate surface area is 359 Å². The minimum Gasteiger partial charge on any atom is -0.462 e. The smallest absolute Gasteiger partial charge is 0.462 e. The standard InChI is InChI=1S/C46H77O13P/c1-3-5-7-9-11-13-15-17-18-19-20-21-22-23-25-27-29-31-33-35-40(48)58-38(36-56-39(47)34-32-30-28-26-24-16-14-12-10-8-6-4-2)37-57-60(54,55)59-46-44(52)42(50)41(49)43(51)45(46)53/h5,7,11,13,17-18,20-21,23,25,29,31,38,41-46,49-53H,3-4,6,8-10,12,14-16,19,22,24,26-28,30,32-37H2,1-2H3,(H,54,55)/b7-5-,13-11-,18-17-,21-20-,25-23-,31-29-/t38-,41?,42-,43?,44?,45?,46?/m1/s1. The molecule has 0 aromatic carbocycles. The highest BCUT2D eigenvalue weighted by atomic mass is 31.2. The second-order valence-electron chi connectivity index (χ2n) is 15.2. The fourth-order valence-electron chi connectivity index (χ4n) is 6.25. The normalized spacial score (nSPS) is 22.9. The van der Waals surface area contributed by atoms with Gasteiger partial charge >= 0.3 is 19.8 Å². The van der Waals surface area contributed by atoms with Gasteiger partial charge < -0.3 is 39.9 Å². The Morgan fingerprint density at radius 2 is 0.950 bits per heavy atom. The molecule has 0 amide bonds. The van der Waals surface area contributed by atoms with Crippen molar-refractivity contribution >= 4 is 19.8 Å². The highest BCUT2D eigenvalue weighted by Crippen LogP contribution is 2.47. The van der Waals surface area contributed by atoms with Gasteiger partial charge in [-0.2, -0.15) is 0 Å². The largest absolute Gasteiger partial charge is 0.472 e. The van der Waals surface area contributed by atoms with Gasteiger partial charge in [-0.15, -0.1) is 0 Å². The van der Waals surface area contributed by atoms with Crippen LogP contribution in [0.2, 0.25) is 0 Å². The van der Waals surface area contributed by atoms with E-state index in [0.29, 0.717) is 19.3 Å². The van der Waals surface area contributed by atoms with Gasteiger partial charge in [0.2, 0.25) is 0 Å². The zero-order chi connectivity index (χ0) is 44.3. The Morgan fingerprint density at radius 3 is 1.42 bits per heavy atom. The van der Waals surface area contributed by atoms with Crippen molar-refractivity contribution in [2.45, 2.75) is 191 Å². The van der Waals surface area contributed by atoms with Gasteiger partial charge in [-0.1, -0.05) is 157 Å². The molecule has 0 radical (unpaired) electrons. The van der Waals surface area contributed by atoms with E-state index in [1.807, 2.05) is 18.2 Å². The van der Waals surface area contributed by atoms with E-state index in [9.17, 15) is 44.6 Å². The van der Waals surface area contributed by atoms with E-state index in [0.717, 1.165) is 51.4 Å². The van der Waals surface area contributed by atoms with Crippen LogP contribution in [0.25, 0.3) is 0 Å². The third-order valence-electron chi connectivity index (χ3n) is 9.83. The molecule has 0 saturated heterocycles. The molecule has 6 unspecified atom stereocenters. The van der Waals surface area contributed by atoms with Gasteiger partial charge in [0.05, 0.1) is 6.61 Å². The van der Waals surface area contributed by atoms with E-state index >= 15 is 0 Å². The molecular formula is C46H77O13P. The molecule has 0 heterocycles. The van der Waals surface area contributed by atoms with Crippen LogP contribution in [0.1, 0.15) is 149 Å². The molecule has 0 aromatic heterocycles. The van der Waals surface area contributed by atoms with Crippen LogP contribution in [0.3, 0.4) is 0 Å². The number of esters is 2. The van der Waals surface area contributed by atoms with E-state index in [2.05, 4.69) is 68.5 Å². The van der Waals surface area contributed by atoms with Crippen LogP contribution in [-0.4, -0.2) is 98.3 Å². The molecule has 8 atom stereocenters. The van der Waals surface area contributed by atoms with E-state index < -0.39 is 75.7 Å². The predicted molar refractivity (Wildman–Crippen MR) is 235 cm³/mol. The molecule has 6 N–H and O–H groups in total. The fourth-order valence-corrected chi connectivity index (χ4v) is 7.23. The molecule has 13 nitrogen and oxygen atoms in total. The van der Waals surface area contributed by atoms with Gasteiger partial charge in [0.25, 0.3) is 0 Å². The lowest BCUT2D eigenvalue weighted by atomic mass is 9.85. The van der Waals surface area contributed by atoms with Crippen LogP contribution in [0.4, 0.5) is 0 Å². The van der Waals surface area contributed by atoms with Crippen LogP contribution in [0.5, 0.6) is 0 Å². The molecule has 1 saturated carbocycles. The summed E-state index contributed by atoms with van der Waals surface area (Å²) in [7, 11) is -5.14. The maximum atomic E-state index is 12.8. The summed E-state index contributed by atoms with van der Waals surface area (Å²) in [5.41, 5.74) is 0. The van der Waals surface area contributed by atoms with Gasteiger partial charge in [-0.25, -0.2) is 4.57 Å². The van der Waals surface area contributed by atoms with E-state index in [4.69, 9.17) is 18.5 Å².